The lowest BCUT2D eigenvalue weighted by Crippen LogP contribution is -2.25. The van der Waals surface area contributed by atoms with Gasteiger partial charge in [-0.15, -0.1) is 0 Å². The Kier molecular flexibility index (Phi) is 8.63. The molecule has 1 aliphatic rings. The normalized spacial score (nSPS) is 12.4. The van der Waals surface area contributed by atoms with Crippen molar-refractivity contribution in [1.82, 2.24) is 24.7 Å². The molecule has 3 heterocycles. The third-order valence-corrected chi connectivity index (χ3v) is 8.01. The lowest BCUT2D eigenvalue weighted by atomic mass is 10.0. The van der Waals surface area contributed by atoms with Crippen molar-refractivity contribution in [2.75, 3.05) is 0 Å². The zero-order chi connectivity index (χ0) is 33.0. The Bertz CT molecular complexity index is 2150. The third kappa shape index (κ3) is 6.79. The van der Waals surface area contributed by atoms with E-state index >= 15 is 0 Å². The molecule has 7 rings (SSSR count). The number of benzene rings is 3. The molecule has 9 nitrogen and oxygen atoms in total. The van der Waals surface area contributed by atoms with Crippen LogP contribution in [-0.2, 0) is 6.42 Å². The number of pyridine rings is 1. The summed E-state index contributed by atoms with van der Waals surface area (Å²) in [5.41, 5.74) is 2.53. The molecule has 0 aliphatic heterocycles. The van der Waals surface area contributed by atoms with Crippen LogP contribution in [0.15, 0.2) is 126 Å². The summed E-state index contributed by atoms with van der Waals surface area (Å²) in [5.74, 6) is 0.0669. The number of nitrogens with zero attached hydrogens (tertiary/aromatic N) is 6. The van der Waals surface area contributed by atoms with Gasteiger partial charge in [-0.25, -0.2) is 24.3 Å². The molecule has 48 heavy (non-hydrogen) atoms. The number of rotatable bonds is 10. The van der Waals surface area contributed by atoms with Crippen molar-refractivity contribution >= 4 is 28.9 Å². The van der Waals surface area contributed by atoms with Gasteiger partial charge in [-0.05, 0) is 30.5 Å². The fourth-order valence-electron chi connectivity index (χ4n) is 5.06. The molecule has 3 aromatic heterocycles. The number of carbonyl (C=O) groups is 1. The van der Waals surface area contributed by atoms with E-state index in [1.807, 2.05) is 60.7 Å². The molecule has 0 unspecified atom stereocenters. The molecule has 1 saturated carbocycles. The number of Topliss-reactive ketones (excluding diaryl/α,β-unsaturated/α-hetero) is 1. The van der Waals surface area contributed by atoms with Crippen LogP contribution in [0.25, 0.3) is 11.1 Å². The standard InChI is InChI=1S/C37H26ClFN6O3/c38-33-31(17-18-40-37(33)43-34(24-7-3-1-4-8-24)25-9-5-2-6-10-25)48-28-20-41-32(42-21-28)19-30(46)35-36(47)29(22-45(44-35)27-15-16-27)23-11-13-26(39)14-12-23/h1-14,17-18,20-22,27H,15-16,19H2. The van der Waals surface area contributed by atoms with Gasteiger partial charge in [0.15, 0.2) is 28.8 Å². The maximum Gasteiger partial charge on any atom is 0.219 e. The van der Waals surface area contributed by atoms with Crippen LogP contribution >= 0.6 is 11.6 Å². The first kappa shape index (κ1) is 30.8. The maximum absolute atomic E-state index is 13.5. The van der Waals surface area contributed by atoms with E-state index in [0.29, 0.717) is 17.0 Å². The fraction of sp³-hybridized carbons (Fsp3) is 0.108. The van der Waals surface area contributed by atoms with Crippen molar-refractivity contribution in [2.24, 2.45) is 4.99 Å². The van der Waals surface area contributed by atoms with Gasteiger partial charge in [0, 0.05) is 35.2 Å². The average Bonchev–Trinajstić information content (AvgIpc) is 3.97. The second-order valence-electron chi connectivity index (χ2n) is 11.1. The van der Waals surface area contributed by atoms with Crippen LogP contribution in [0.5, 0.6) is 11.5 Å². The van der Waals surface area contributed by atoms with Gasteiger partial charge in [0.05, 0.1) is 30.6 Å². The van der Waals surface area contributed by atoms with Crippen LogP contribution in [0.2, 0.25) is 5.02 Å². The highest BCUT2D eigenvalue weighted by Gasteiger charge is 2.27. The second-order valence-corrected chi connectivity index (χ2v) is 11.5. The van der Waals surface area contributed by atoms with Crippen molar-refractivity contribution < 1.29 is 13.9 Å². The summed E-state index contributed by atoms with van der Waals surface area (Å²) in [5, 5.41) is 4.55. The molecule has 11 heteroatoms. The van der Waals surface area contributed by atoms with Gasteiger partial charge >= 0.3 is 0 Å². The van der Waals surface area contributed by atoms with Crippen LogP contribution in [-0.4, -0.2) is 36.2 Å². The molecule has 0 bridgehead atoms. The number of carbonyl (C=O) groups excluding carboxylic acids is 1. The van der Waals surface area contributed by atoms with E-state index in [0.717, 1.165) is 24.0 Å². The Morgan fingerprint density at radius 2 is 1.54 bits per heavy atom. The minimum Gasteiger partial charge on any atom is -0.452 e. The first-order valence-electron chi connectivity index (χ1n) is 15.2. The Morgan fingerprint density at radius 3 is 2.17 bits per heavy atom. The van der Waals surface area contributed by atoms with Gasteiger partial charge in [-0.3, -0.25) is 14.3 Å². The van der Waals surface area contributed by atoms with Crippen molar-refractivity contribution in [1.29, 1.82) is 0 Å². The summed E-state index contributed by atoms with van der Waals surface area (Å²) in [6.07, 6.45) is 7.54. The fourth-order valence-corrected chi connectivity index (χ4v) is 5.25. The maximum atomic E-state index is 13.5. The molecule has 0 amide bonds. The highest BCUT2D eigenvalue weighted by atomic mass is 35.5. The lowest BCUT2D eigenvalue weighted by Gasteiger charge is -2.11. The molecule has 0 N–H and O–H groups in total. The van der Waals surface area contributed by atoms with Crippen LogP contribution in [0.4, 0.5) is 10.2 Å². The van der Waals surface area contributed by atoms with E-state index in [1.54, 1.807) is 23.1 Å². The van der Waals surface area contributed by atoms with E-state index in [4.69, 9.17) is 21.3 Å². The Hall–Kier alpha value is -5.87. The Balaban J connectivity index is 1.11. The molecular weight excluding hydrogens is 631 g/mol. The molecule has 236 valence electrons. The summed E-state index contributed by atoms with van der Waals surface area (Å²) >= 11 is 6.73. The number of aliphatic imine (C=N–C) groups is 1. The van der Waals surface area contributed by atoms with Crippen molar-refractivity contribution in [2.45, 2.75) is 25.3 Å². The quantitative estimate of drug-likeness (QED) is 0.110. The Labute approximate surface area is 279 Å². The van der Waals surface area contributed by atoms with Gasteiger partial charge in [-0.2, -0.15) is 5.10 Å². The summed E-state index contributed by atoms with van der Waals surface area (Å²) < 4.78 is 21.2. The van der Waals surface area contributed by atoms with Crippen molar-refractivity contribution in [3.63, 3.8) is 0 Å². The molecular formula is C37H26ClFN6O3. The second kappa shape index (κ2) is 13.5. The molecule has 3 aromatic carbocycles. The number of ketones is 1. The smallest absolute Gasteiger partial charge is 0.219 e. The molecule has 0 radical (unpaired) electrons. The number of ether oxygens (including phenoxy) is 1. The van der Waals surface area contributed by atoms with Gasteiger partial charge in [0.2, 0.25) is 5.43 Å². The third-order valence-electron chi connectivity index (χ3n) is 7.65. The van der Waals surface area contributed by atoms with Gasteiger partial charge in [-0.1, -0.05) is 84.4 Å². The first-order chi connectivity index (χ1) is 23.4. The predicted molar refractivity (Wildman–Crippen MR) is 180 cm³/mol. The van der Waals surface area contributed by atoms with Gasteiger partial charge in [0.1, 0.15) is 16.7 Å². The topological polar surface area (TPSA) is 112 Å². The van der Waals surface area contributed by atoms with Crippen LogP contribution in [0, 0.1) is 5.82 Å². The highest BCUT2D eigenvalue weighted by molar-refractivity contribution is 6.34. The van der Waals surface area contributed by atoms with Crippen LogP contribution in [0.1, 0.15) is 46.3 Å². The van der Waals surface area contributed by atoms with E-state index in [1.165, 1.54) is 36.7 Å². The number of halogens is 2. The zero-order valence-corrected chi connectivity index (χ0v) is 26.1. The Morgan fingerprint density at radius 1 is 0.896 bits per heavy atom. The summed E-state index contributed by atoms with van der Waals surface area (Å²) in [6, 6.07) is 26.7. The number of aromatic nitrogens is 5. The monoisotopic (exact) mass is 656 g/mol. The largest absolute Gasteiger partial charge is 0.452 e. The summed E-state index contributed by atoms with van der Waals surface area (Å²) in [6.45, 7) is 0. The van der Waals surface area contributed by atoms with Crippen LogP contribution < -0.4 is 10.2 Å². The van der Waals surface area contributed by atoms with Crippen molar-refractivity contribution in [3.05, 3.63) is 159 Å². The SMILES string of the molecule is O=C(Cc1ncc(Oc2ccnc(N=C(c3ccccc3)c3ccccc3)c2Cl)cn1)c1nn(C2CC2)cc(-c2ccc(F)cc2)c1=O. The first-order valence-corrected chi connectivity index (χ1v) is 15.6. The van der Waals surface area contributed by atoms with E-state index in [2.05, 4.69) is 20.1 Å². The number of hydrogen-bond donors (Lipinski definition) is 0. The minimum absolute atomic E-state index is 0.110. The lowest BCUT2D eigenvalue weighted by molar-refractivity contribution is 0.0982. The molecule has 0 atom stereocenters. The molecule has 1 fully saturated rings. The van der Waals surface area contributed by atoms with E-state index < -0.39 is 17.0 Å². The zero-order valence-electron chi connectivity index (χ0n) is 25.3. The molecule has 0 saturated heterocycles. The molecule has 1 aliphatic carbocycles. The summed E-state index contributed by atoms with van der Waals surface area (Å²) in [7, 11) is 0. The van der Waals surface area contributed by atoms with E-state index in [-0.39, 0.29) is 46.1 Å². The summed E-state index contributed by atoms with van der Waals surface area (Å²) in [4.78, 5) is 44.5. The molecule has 0 spiro atoms. The van der Waals surface area contributed by atoms with Gasteiger partial charge < -0.3 is 4.74 Å². The van der Waals surface area contributed by atoms with E-state index in [9.17, 15) is 14.0 Å². The minimum atomic E-state index is -0.531. The van der Waals surface area contributed by atoms with Crippen molar-refractivity contribution in [3.8, 4) is 22.6 Å². The molecule has 6 aromatic rings. The number of hydrogen-bond acceptors (Lipinski definition) is 8. The van der Waals surface area contributed by atoms with Crippen LogP contribution in [0.3, 0.4) is 0 Å². The highest BCUT2D eigenvalue weighted by Crippen LogP contribution is 2.36. The van der Waals surface area contributed by atoms with Gasteiger partial charge in [0.25, 0.3) is 0 Å². The average molecular weight is 657 g/mol. The predicted octanol–water partition coefficient (Wildman–Crippen LogP) is 7.61.